The van der Waals surface area contributed by atoms with Crippen LogP contribution in [0, 0.1) is 5.41 Å². The van der Waals surface area contributed by atoms with Gasteiger partial charge >= 0.3 is 0 Å². The maximum atomic E-state index is 12.4. The molecule has 1 saturated heterocycles. The van der Waals surface area contributed by atoms with E-state index in [0.29, 0.717) is 25.9 Å². The van der Waals surface area contributed by atoms with Crippen molar-refractivity contribution in [3.05, 3.63) is 29.8 Å². The van der Waals surface area contributed by atoms with Crippen molar-refractivity contribution in [2.75, 3.05) is 20.2 Å². The van der Waals surface area contributed by atoms with Crippen molar-refractivity contribution in [2.45, 2.75) is 52.5 Å². The molecule has 1 fully saturated rings. The van der Waals surface area contributed by atoms with Gasteiger partial charge in [-0.25, -0.2) is 0 Å². The van der Waals surface area contributed by atoms with E-state index in [1.165, 1.54) is 0 Å². The second-order valence-corrected chi connectivity index (χ2v) is 7.98. The molecule has 1 aliphatic rings. The van der Waals surface area contributed by atoms with Gasteiger partial charge in [-0.1, -0.05) is 32.9 Å². The lowest BCUT2D eigenvalue weighted by Crippen LogP contribution is -2.47. The number of rotatable bonds is 5. The number of ether oxygens (including phenoxy) is 1. The third-order valence-corrected chi connectivity index (χ3v) is 4.42. The predicted molar refractivity (Wildman–Crippen MR) is 98.5 cm³/mol. The van der Waals surface area contributed by atoms with Crippen LogP contribution in [0.3, 0.4) is 0 Å². The number of carbonyl (C=O) groups is 2. The number of nitrogens with zero attached hydrogens (tertiary/aromatic N) is 1. The van der Waals surface area contributed by atoms with E-state index in [0.717, 1.165) is 24.2 Å². The molecule has 0 aliphatic carbocycles. The van der Waals surface area contributed by atoms with Gasteiger partial charge in [-0.3, -0.25) is 9.59 Å². The Morgan fingerprint density at radius 1 is 1.16 bits per heavy atom. The first kappa shape index (κ1) is 19.3. The minimum Gasteiger partial charge on any atom is -0.497 e. The van der Waals surface area contributed by atoms with Crippen molar-refractivity contribution in [2.24, 2.45) is 5.41 Å². The lowest BCUT2D eigenvalue weighted by atomic mass is 9.91. The molecular formula is C20H30N2O3. The van der Waals surface area contributed by atoms with Crippen LogP contribution in [-0.2, 0) is 16.0 Å². The summed E-state index contributed by atoms with van der Waals surface area (Å²) >= 11 is 0. The molecule has 0 bridgehead atoms. The van der Waals surface area contributed by atoms with E-state index in [2.05, 4.69) is 26.1 Å². The van der Waals surface area contributed by atoms with Crippen molar-refractivity contribution in [1.82, 2.24) is 10.2 Å². The molecule has 5 nitrogen and oxygen atoms in total. The molecule has 1 aromatic rings. The monoisotopic (exact) mass is 346 g/mol. The summed E-state index contributed by atoms with van der Waals surface area (Å²) in [5, 5.41) is 3.11. The zero-order chi connectivity index (χ0) is 18.4. The molecule has 1 aromatic carbocycles. The van der Waals surface area contributed by atoms with Crippen molar-refractivity contribution >= 4 is 11.8 Å². The average Bonchev–Trinajstić information content (AvgIpc) is 2.54. The molecule has 0 saturated carbocycles. The summed E-state index contributed by atoms with van der Waals surface area (Å²) in [4.78, 5) is 26.4. The van der Waals surface area contributed by atoms with Crippen LogP contribution in [0.5, 0.6) is 5.75 Å². The van der Waals surface area contributed by atoms with Gasteiger partial charge in [-0.15, -0.1) is 0 Å². The number of hydrogen-bond acceptors (Lipinski definition) is 3. The van der Waals surface area contributed by atoms with Crippen LogP contribution in [-0.4, -0.2) is 43.0 Å². The topological polar surface area (TPSA) is 58.6 Å². The number of benzene rings is 1. The van der Waals surface area contributed by atoms with Crippen LogP contribution in [0.1, 0.15) is 45.6 Å². The zero-order valence-corrected chi connectivity index (χ0v) is 15.8. The van der Waals surface area contributed by atoms with Crippen LogP contribution in [0.2, 0.25) is 0 Å². The van der Waals surface area contributed by atoms with Gasteiger partial charge in [-0.2, -0.15) is 0 Å². The molecule has 5 heteroatoms. The fourth-order valence-corrected chi connectivity index (χ4v) is 3.06. The molecule has 0 unspecified atom stereocenters. The van der Waals surface area contributed by atoms with Crippen molar-refractivity contribution in [3.63, 3.8) is 0 Å². The fraction of sp³-hybridized carbons (Fsp3) is 0.600. The minimum absolute atomic E-state index is 0.000877. The standard InChI is InChI=1S/C20H30N2O3/c1-20(2,3)14-18(23)21-16-9-11-22(12-10-16)19(24)13-15-5-7-17(25-4)8-6-15/h5-8,16H,9-14H2,1-4H3,(H,21,23). The number of likely N-dealkylation sites (tertiary alicyclic amines) is 1. The molecular weight excluding hydrogens is 316 g/mol. The van der Waals surface area contributed by atoms with Crippen molar-refractivity contribution < 1.29 is 14.3 Å². The first-order valence-corrected chi connectivity index (χ1v) is 8.97. The Kier molecular flexibility index (Phi) is 6.45. The van der Waals surface area contributed by atoms with Gasteiger partial charge < -0.3 is 15.0 Å². The Bertz CT molecular complexity index is 582. The van der Waals surface area contributed by atoms with E-state index in [1.807, 2.05) is 29.2 Å². The second kappa shape index (κ2) is 8.37. The van der Waals surface area contributed by atoms with E-state index in [1.54, 1.807) is 7.11 Å². The van der Waals surface area contributed by atoms with E-state index in [4.69, 9.17) is 4.74 Å². The predicted octanol–water partition coefficient (Wildman–Crippen LogP) is 2.78. The maximum absolute atomic E-state index is 12.4. The lowest BCUT2D eigenvalue weighted by molar-refractivity contribution is -0.131. The van der Waals surface area contributed by atoms with Crippen LogP contribution < -0.4 is 10.1 Å². The number of amides is 2. The molecule has 2 rings (SSSR count). The average molecular weight is 346 g/mol. The lowest BCUT2D eigenvalue weighted by Gasteiger charge is -2.33. The molecule has 0 atom stereocenters. The number of nitrogens with one attached hydrogen (secondary N) is 1. The quantitative estimate of drug-likeness (QED) is 0.892. The van der Waals surface area contributed by atoms with E-state index in [9.17, 15) is 9.59 Å². The summed E-state index contributed by atoms with van der Waals surface area (Å²) in [5.74, 6) is 1.04. The number of piperidine rings is 1. The van der Waals surface area contributed by atoms with Crippen LogP contribution in [0.4, 0.5) is 0 Å². The summed E-state index contributed by atoms with van der Waals surface area (Å²) in [6.45, 7) is 7.60. The zero-order valence-electron chi connectivity index (χ0n) is 15.8. The Balaban J connectivity index is 1.77. The number of methoxy groups -OCH3 is 1. The summed E-state index contributed by atoms with van der Waals surface area (Å²) in [6, 6.07) is 7.78. The Morgan fingerprint density at radius 3 is 2.28 bits per heavy atom. The highest BCUT2D eigenvalue weighted by atomic mass is 16.5. The number of hydrogen-bond donors (Lipinski definition) is 1. The van der Waals surface area contributed by atoms with Crippen LogP contribution in [0.15, 0.2) is 24.3 Å². The smallest absolute Gasteiger partial charge is 0.226 e. The normalized spacial score (nSPS) is 15.8. The Morgan fingerprint density at radius 2 is 1.76 bits per heavy atom. The van der Waals surface area contributed by atoms with Gasteiger partial charge in [0.2, 0.25) is 11.8 Å². The van der Waals surface area contributed by atoms with Gasteiger partial charge in [0, 0.05) is 25.6 Å². The van der Waals surface area contributed by atoms with Gasteiger partial charge in [0.15, 0.2) is 0 Å². The van der Waals surface area contributed by atoms with Gasteiger partial charge in [0.25, 0.3) is 0 Å². The highest BCUT2D eigenvalue weighted by molar-refractivity contribution is 5.79. The molecule has 0 aromatic heterocycles. The molecule has 2 amide bonds. The van der Waals surface area contributed by atoms with E-state index >= 15 is 0 Å². The van der Waals surface area contributed by atoms with Crippen molar-refractivity contribution in [1.29, 1.82) is 0 Å². The van der Waals surface area contributed by atoms with E-state index in [-0.39, 0.29) is 23.3 Å². The summed E-state index contributed by atoms with van der Waals surface area (Å²) in [6.07, 6.45) is 2.59. The third-order valence-electron chi connectivity index (χ3n) is 4.42. The first-order valence-electron chi connectivity index (χ1n) is 8.97. The first-order chi connectivity index (χ1) is 11.8. The molecule has 0 radical (unpaired) electrons. The van der Waals surface area contributed by atoms with E-state index < -0.39 is 0 Å². The number of carbonyl (C=O) groups excluding carboxylic acids is 2. The summed E-state index contributed by atoms with van der Waals surface area (Å²) in [7, 11) is 1.63. The highest BCUT2D eigenvalue weighted by Gasteiger charge is 2.25. The Hall–Kier alpha value is -2.04. The molecule has 1 aliphatic heterocycles. The summed E-state index contributed by atoms with van der Waals surface area (Å²) in [5.41, 5.74) is 0.991. The second-order valence-electron chi connectivity index (χ2n) is 7.98. The van der Waals surface area contributed by atoms with Crippen molar-refractivity contribution in [3.8, 4) is 5.75 Å². The molecule has 25 heavy (non-hydrogen) atoms. The molecule has 138 valence electrons. The van der Waals surface area contributed by atoms with Crippen LogP contribution >= 0.6 is 0 Å². The molecule has 1 N–H and O–H groups in total. The largest absolute Gasteiger partial charge is 0.497 e. The fourth-order valence-electron chi connectivity index (χ4n) is 3.06. The highest BCUT2D eigenvalue weighted by Crippen LogP contribution is 2.19. The van der Waals surface area contributed by atoms with Gasteiger partial charge in [0.1, 0.15) is 5.75 Å². The third kappa shape index (κ3) is 6.40. The Labute approximate surface area is 150 Å². The SMILES string of the molecule is COc1ccc(CC(=O)N2CCC(NC(=O)CC(C)(C)C)CC2)cc1. The van der Waals surface area contributed by atoms with Gasteiger partial charge in [0.05, 0.1) is 13.5 Å². The minimum atomic E-state index is -0.000877. The summed E-state index contributed by atoms with van der Waals surface area (Å²) < 4.78 is 5.13. The van der Waals surface area contributed by atoms with Gasteiger partial charge in [-0.05, 0) is 36.0 Å². The molecule has 0 spiro atoms. The maximum Gasteiger partial charge on any atom is 0.226 e. The molecule has 1 heterocycles. The van der Waals surface area contributed by atoms with Crippen LogP contribution in [0.25, 0.3) is 0 Å².